The van der Waals surface area contributed by atoms with E-state index < -0.39 is 8.07 Å². The van der Waals surface area contributed by atoms with Gasteiger partial charge < -0.3 is 4.42 Å². The Hall–Kier alpha value is -5.58. The van der Waals surface area contributed by atoms with E-state index in [4.69, 9.17) is 4.42 Å². The number of nitrogens with zero attached hydrogens (tertiary/aromatic N) is 2. The van der Waals surface area contributed by atoms with Crippen LogP contribution in [0.5, 0.6) is 0 Å². The third-order valence-electron chi connectivity index (χ3n) is 12.1. The van der Waals surface area contributed by atoms with Crippen LogP contribution in [-0.4, -0.2) is 8.07 Å². The molecule has 0 saturated carbocycles. The molecule has 52 heavy (non-hydrogen) atoms. The second kappa shape index (κ2) is 10.5. The van der Waals surface area contributed by atoms with Crippen molar-refractivity contribution in [1.82, 2.24) is 0 Å². The summed E-state index contributed by atoms with van der Waals surface area (Å²) in [6, 6.07) is 45.9. The fourth-order valence-electron chi connectivity index (χ4n) is 9.45. The molecule has 0 fully saturated rings. The van der Waals surface area contributed by atoms with E-state index in [1.807, 2.05) is 0 Å². The van der Waals surface area contributed by atoms with E-state index in [2.05, 4.69) is 176 Å². The molecule has 0 amide bonds. The maximum atomic E-state index is 7.18. The first-order valence-corrected chi connectivity index (χ1v) is 22.2. The van der Waals surface area contributed by atoms with Crippen molar-refractivity contribution in [2.24, 2.45) is 0 Å². The highest BCUT2D eigenvalue weighted by atomic mass is 28.3. The van der Waals surface area contributed by atoms with Crippen LogP contribution in [0.2, 0.25) is 19.6 Å². The van der Waals surface area contributed by atoms with Crippen molar-refractivity contribution >= 4 is 67.5 Å². The summed E-state index contributed by atoms with van der Waals surface area (Å²) in [7, 11) is -1.60. The van der Waals surface area contributed by atoms with Crippen LogP contribution in [0.4, 0.5) is 0 Å². The van der Waals surface area contributed by atoms with Crippen molar-refractivity contribution in [2.75, 3.05) is 0 Å². The quantitative estimate of drug-likeness (QED) is 0.101. The van der Waals surface area contributed by atoms with E-state index in [1.165, 1.54) is 87.5 Å². The van der Waals surface area contributed by atoms with Gasteiger partial charge in [0.1, 0.15) is 11.2 Å². The fraction of sp³-hybridized carbons (Fsp3) is 0.167. The molecule has 0 radical (unpaired) electrons. The number of hydrogen-bond acceptors (Lipinski definition) is 1. The van der Waals surface area contributed by atoms with E-state index in [9.17, 15) is 0 Å². The van der Waals surface area contributed by atoms with E-state index >= 15 is 0 Å². The zero-order chi connectivity index (χ0) is 35.0. The predicted octanol–water partition coefficient (Wildman–Crippen LogP) is 11.1. The first-order chi connectivity index (χ1) is 25.3. The standard InChI is InChI=1S/C48H40N2OSi/c1-28(2)29-22-23-49-43(24-29)45-38(47-46(49)36-17-11-10-16-35(36)42-21-18-30(27-50(42)47)52(3,4)5)20-19-37-41-25-39-33-14-8-6-12-31(33)32-13-7-9-15-34(32)40(39)26-44(41)51-48(37)45/h6-28,46-47H,1-5H3/q+2. The number of furan rings is 1. The molecule has 2 aliphatic heterocycles. The molecule has 9 aromatic rings. The highest BCUT2D eigenvalue weighted by Gasteiger charge is 2.53. The zero-order valence-electron chi connectivity index (χ0n) is 30.2. The predicted molar refractivity (Wildman–Crippen MR) is 217 cm³/mol. The minimum absolute atomic E-state index is 0.0724. The summed E-state index contributed by atoms with van der Waals surface area (Å²) in [5, 5.41) is 11.4. The number of aromatic nitrogens is 2. The van der Waals surface area contributed by atoms with Gasteiger partial charge in [-0.25, -0.2) is 0 Å². The Morgan fingerprint density at radius 1 is 0.558 bits per heavy atom. The Kier molecular flexibility index (Phi) is 6.07. The maximum Gasteiger partial charge on any atom is 0.250 e. The lowest BCUT2D eigenvalue weighted by Gasteiger charge is -2.33. The lowest BCUT2D eigenvalue weighted by Crippen LogP contribution is -2.61. The number of fused-ring (bicyclic) bond motifs is 21. The molecule has 3 aromatic heterocycles. The molecule has 0 bridgehead atoms. The number of rotatable bonds is 2. The summed E-state index contributed by atoms with van der Waals surface area (Å²) in [6.07, 6.45) is 4.84. The third kappa shape index (κ3) is 4.01. The minimum atomic E-state index is -1.60. The van der Waals surface area contributed by atoms with Crippen LogP contribution in [-0.2, 0) is 0 Å². The van der Waals surface area contributed by atoms with Crippen LogP contribution in [0.25, 0.3) is 76.8 Å². The summed E-state index contributed by atoms with van der Waals surface area (Å²) < 4.78 is 12.3. The van der Waals surface area contributed by atoms with Gasteiger partial charge in [0.25, 0.3) is 6.04 Å². The van der Waals surface area contributed by atoms with Gasteiger partial charge in [-0.15, -0.1) is 0 Å². The van der Waals surface area contributed by atoms with Gasteiger partial charge in [0.15, 0.2) is 12.4 Å². The first-order valence-electron chi connectivity index (χ1n) is 18.7. The van der Waals surface area contributed by atoms with Crippen LogP contribution in [0.3, 0.4) is 0 Å². The Morgan fingerprint density at radius 3 is 1.92 bits per heavy atom. The van der Waals surface area contributed by atoms with Gasteiger partial charge in [-0.2, -0.15) is 9.13 Å². The molecule has 0 spiro atoms. The molecule has 6 aromatic carbocycles. The second-order valence-electron chi connectivity index (χ2n) is 16.3. The SMILES string of the molecule is CC(C)c1cc[n+]2c(c1)-c1c(ccc3c1oc1cc4c5ccccc5c5ccccc5c4cc13)C1C2c2ccccc2-c2ccc([Si](C)(C)C)c[n+]21. The van der Waals surface area contributed by atoms with Crippen LogP contribution in [0.1, 0.15) is 48.5 Å². The fourth-order valence-corrected chi connectivity index (χ4v) is 10.6. The van der Waals surface area contributed by atoms with Crippen molar-refractivity contribution in [1.29, 1.82) is 0 Å². The van der Waals surface area contributed by atoms with Gasteiger partial charge in [-0.05, 0) is 68.1 Å². The number of pyridine rings is 2. The Bertz CT molecular complexity index is 3000. The summed E-state index contributed by atoms with van der Waals surface area (Å²) in [6.45, 7) is 11.9. The van der Waals surface area contributed by atoms with Gasteiger partial charge in [-0.1, -0.05) is 112 Å². The summed E-state index contributed by atoms with van der Waals surface area (Å²) in [5.41, 5.74) is 11.0. The van der Waals surface area contributed by atoms with E-state index in [0.717, 1.165) is 11.2 Å². The molecule has 2 aliphatic rings. The van der Waals surface area contributed by atoms with Crippen molar-refractivity contribution in [3.63, 3.8) is 0 Å². The number of benzene rings is 6. The topological polar surface area (TPSA) is 20.9 Å². The van der Waals surface area contributed by atoms with E-state index in [-0.39, 0.29) is 12.1 Å². The van der Waals surface area contributed by atoms with Gasteiger partial charge in [-0.3, -0.25) is 0 Å². The normalized spacial score (nSPS) is 16.3. The minimum Gasteiger partial charge on any atom is -0.455 e. The molecule has 0 N–H and O–H groups in total. The number of hydrogen-bond donors (Lipinski definition) is 0. The summed E-state index contributed by atoms with van der Waals surface area (Å²) >= 11 is 0. The molecule has 0 aliphatic carbocycles. The Morgan fingerprint density at radius 2 is 1.21 bits per heavy atom. The van der Waals surface area contributed by atoms with Crippen molar-refractivity contribution in [3.05, 3.63) is 150 Å². The van der Waals surface area contributed by atoms with Gasteiger partial charge >= 0.3 is 0 Å². The van der Waals surface area contributed by atoms with Crippen LogP contribution < -0.4 is 14.3 Å². The Labute approximate surface area is 304 Å². The largest absolute Gasteiger partial charge is 0.455 e. The van der Waals surface area contributed by atoms with Crippen LogP contribution in [0, 0.1) is 0 Å². The smallest absolute Gasteiger partial charge is 0.250 e. The van der Waals surface area contributed by atoms with Crippen molar-refractivity contribution < 1.29 is 13.6 Å². The van der Waals surface area contributed by atoms with E-state index in [0.29, 0.717) is 5.92 Å². The molecule has 250 valence electrons. The van der Waals surface area contributed by atoms with Gasteiger partial charge in [0, 0.05) is 45.3 Å². The van der Waals surface area contributed by atoms with Crippen LogP contribution >= 0.6 is 0 Å². The van der Waals surface area contributed by atoms with Gasteiger partial charge in [0.05, 0.1) is 19.2 Å². The molecule has 2 unspecified atom stereocenters. The second-order valence-corrected chi connectivity index (χ2v) is 21.4. The molecule has 2 atom stereocenters. The first kappa shape index (κ1) is 30.1. The monoisotopic (exact) mass is 688 g/mol. The molecule has 5 heterocycles. The zero-order valence-corrected chi connectivity index (χ0v) is 31.2. The molecule has 11 rings (SSSR count). The molecule has 4 heteroatoms. The Balaban J connectivity index is 1.27. The molecule has 3 nitrogen and oxygen atoms in total. The lowest BCUT2D eigenvalue weighted by molar-refractivity contribution is -0.799. The summed E-state index contributed by atoms with van der Waals surface area (Å²) in [5.74, 6) is 0.404. The average Bonchev–Trinajstić information content (AvgIpc) is 3.54. The van der Waals surface area contributed by atoms with E-state index in [1.54, 1.807) is 0 Å². The lowest BCUT2D eigenvalue weighted by atomic mass is 9.79. The third-order valence-corrected chi connectivity index (χ3v) is 14.1. The molecular weight excluding hydrogens is 649 g/mol. The van der Waals surface area contributed by atoms with Crippen molar-refractivity contribution in [2.45, 2.75) is 51.5 Å². The van der Waals surface area contributed by atoms with Crippen molar-refractivity contribution in [3.8, 4) is 22.5 Å². The average molecular weight is 689 g/mol. The van der Waals surface area contributed by atoms with Crippen LogP contribution in [0.15, 0.2) is 138 Å². The highest BCUT2D eigenvalue weighted by molar-refractivity contribution is 6.88. The molecule has 0 saturated heterocycles. The highest BCUT2D eigenvalue weighted by Crippen LogP contribution is 2.49. The van der Waals surface area contributed by atoms with Gasteiger partial charge in [0.2, 0.25) is 17.4 Å². The molecular formula is C48H40N2OSi+2. The maximum absolute atomic E-state index is 7.18. The summed E-state index contributed by atoms with van der Waals surface area (Å²) in [4.78, 5) is 0.